The van der Waals surface area contributed by atoms with Crippen LogP contribution in [0, 0.1) is 6.92 Å². The Hall–Kier alpha value is -6.82. The molecule has 2 aliphatic carbocycles. The van der Waals surface area contributed by atoms with Crippen molar-refractivity contribution in [2.45, 2.75) is 66.9 Å². The van der Waals surface area contributed by atoms with Gasteiger partial charge in [-0.2, -0.15) is 0 Å². The molecule has 6 aromatic carbocycles. The van der Waals surface area contributed by atoms with Gasteiger partial charge in [-0.15, -0.1) is 0 Å². The summed E-state index contributed by atoms with van der Waals surface area (Å²) in [5, 5.41) is 31.6. The minimum absolute atomic E-state index is 0.173. The summed E-state index contributed by atoms with van der Waals surface area (Å²) in [4.78, 5) is 26.4. The molecule has 4 atom stereocenters. The number of amides is 2. The number of anilines is 2. The predicted octanol–water partition coefficient (Wildman–Crippen LogP) is 9.02. The maximum atomic E-state index is 13.3. The number of carbonyl (C=O) groups is 2. The Labute approximate surface area is 417 Å². The van der Waals surface area contributed by atoms with E-state index in [1.165, 1.54) is 26.4 Å². The standard InChI is InChI=1S/C29H27ClN2O5S.C25H25NO6S/c1-3-18-8-12-21(13-9-18)38(35,36)16-24-23-15-20(11-10-19(23)14-26(24)33)31-29(34)27-17(2)37-32-28(27)22-6-4-5-7-25(22)30;1-31-19-8-10-21(11-9-19)33(29,30)15-23-22-14-18(7-6-16(22)13-24(23)27)26-25(28)17-4-3-5-20(12-17)32-2/h4-13,15,24,26,33H,3,14,16H2,1-2H3,(H,31,34);3-12,14,23-24,27H,13,15H2,1-2H3,(H,26,28). The molecule has 0 spiro atoms. The highest BCUT2D eigenvalue weighted by atomic mass is 35.5. The van der Waals surface area contributed by atoms with Gasteiger partial charge in [-0.3, -0.25) is 9.59 Å². The molecule has 2 amide bonds. The van der Waals surface area contributed by atoms with Crippen LogP contribution in [-0.2, 0) is 38.9 Å². The van der Waals surface area contributed by atoms with E-state index in [0.29, 0.717) is 68.9 Å². The largest absolute Gasteiger partial charge is 0.497 e. The maximum Gasteiger partial charge on any atom is 0.261 e. The molecule has 368 valence electrons. The molecule has 4 N–H and O–H groups in total. The molecule has 7 aromatic rings. The summed E-state index contributed by atoms with van der Waals surface area (Å²) >= 11 is 6.32. The first-order valence-electron chi connectivity index (χ1n) is 22.8. The Bertz CT molecular complexity index is 3320. The topological polar surface area (TPSA) is 211 Å². The summed E-state index contributed by atoms with van der Waals surface area (Å²) < 4.78 is 68.0. The normalized spacial score (nSPS) is 17.1. The van der Waals surface area contributed by atoms with E-state index in [4.69, 9.17) is 25.6 Å². The van der Waals surface area contributed by atoms with E-state index in [2.05, 4.69) is 15.8 Å². The van der Waals surface area contributed by atoms with Crippen LogP contribution in [0.15, 0.2) is 148 Å². The molecule has 0 radical (unpaired) electrons. The molecule has 0 saturated heterocycles. The van der Waals surface area contributed by atoms with Gasteiger partial charge in [0.05, 0.1) is 52.7 Å². The van der Waals surface area contributed by atoms with E-state index in [0.717, 1.165) is 28.7 Å². The summed E-state index contributed by atoms with van der Waals surface area (Å²) in [6.45, 7) is 3.66. The Morgan fingerprint density at radius 3 is 1.75 bits per heavy atom. The molecule has 2 aliphatic rings. The minimum Gasteiger partial charge on any atom is -0.497 e. The number of nitrogens with zero attached hydrogens (tertiary/aromatic N) is 1. The van der Waals surface area contributed by atoms with Gasteiger partial charge in [0.1, 0.15) is 28.5 Å². The lowest BCUT2D eigenvalue weighted by atomic mass is 10.0. The second kappa shape index (κ2) is 21.3. The molecule has 9 rings (SSSR count). The number of benzene rings is 6. The average Bonchev–Trinajstić information content (AvgIpc) is 4.01. The van der Waals surface area contributed by atoms with E-state index in [-0.39, 0.29) is 32.8 Å². The number of halogens is 1. The fourth-order valence-electron chi connectivity index (χ4n) is 8.98. The molecule has 0 aliphatic heterocycles. The first-order chi connectivity index (χ1) is 34.0. The molecule has 4 unspecified atom stereocenters. The van der Waals surface area contributed by atoms with Crippen molar-refractivity contribution in [2.24, 2.45) is 0 Å². The van der Waals surface area contributed by atoms with Crippen molar-refractivity contribution in [2.75, 3.05) is 36.4 Å². The van der Waals surface area contributed by atoms with Gasteiger partial charge < -0.3 is 34.8 Å². The van der Waals surface area contributed by atoms with Crippen LogP contribution in [0.5, 0.6) is 11.5 Å². The summed E-state index contributed by atoms with van der Waals surface area (Å²) in [6, 6.07) is 37.5. The number of fused-ring (bicyclic) bond motifs is 2. The number of sulfone groups is 2. The Morgan fingerprint density at radius 2 is 1.21 bits per heavy atom. The van der Waals surface area contributed by atoms with Crippen LogP contribution in [0.4, 0.5) is 11.4 Å². The van der Waals surface area contributed by atoms with Gasteiger partial charge in [0.2, 0.25) is 0 Å². The molecule has 0 bridgehead atoms. The highest BCUT2D eigenvalue weighted by Gasteiger charge is 2.37. The molecule has 0 fully saturated rings. The van der Waals surface area contributed by atoms with Crippen molar-refractivity contribution < 1.29 is 50.6 Å². The van der Waals surface area contributed by atoms with Gasteiger partial charge in [0.15, 0.2) is 19.7 Å². The van der Waals surface area contributed by atoms with Crippen LogP contribution in [0.25, 0.3) is 11.3 Å². The number of hydrogen-bond acceptors (Lipinski definition) is 12. The van der Waals surface area contributed by atoms with E-state index in [1.807, 2.05) is 31.2 Å². The highest BCUT2D eigenvalue weighted by Crippen LogP contribution is 2.40. The van der Waals surface area contributed by atoms with Gasteiger partial charge in [-0.05, 0) is 139 Å². The van der Waals surface area contributed by atoms with E-state index >= 15 is 0 Å². The zero-order chi connectivity index (χ0) is 50.6. The molecule has 1 heterocycles. The fraction of sp³-hybridized carbons (Fsp3) is 0.241. The van der Waals surface area contributed by atoms with Crippen molar-refractivity contribution in [1.29, 1.82) is 0 Å². The lowest BCUT2D eigenvalue weighted by Gasteiger charge is -2.17. The van der Waals surface area contributed by atoms with E-state index in [9.17, 15) is 36.6 Å². The quantitative estimate of drug-likeness (QED) is 0.0804. The lowest BCUT2D eigenvalue weighted by molar-refractivity contribution is 0.101. The maximum absolute atomic E-state index is 13.3. The summed E-state index contributed by atoms with van der Waals surface area (Å²) in [7, 11) is -4.25. The number of hydrogen-bond donors (Lipinski definition) is 4. The molecule has 71 heavy (non-hydrogen) atoms. The fourth-order valence-corrected chi connectivity index (χ4v) is 12.4. The first-order valence-corrected chi connectivity index (χ1v) is 26.4. The number of aromatic nitrogens is 1. The summed E-state index contributed by atoms with van der Waals surface area (Å²) in [5.74, 6) is -0.944. The van der Waals surface area contributed by atoms with Gasteiger partial charge in [0, 0.05) is 34.3 Å². The molecular formula is C54H52ClN3O11S2. The summed E-state index contributed by atoms with van der Waals surface area (Å²) in [6.07, 6.45) is -0.134. The van der Waals surface area contributed by atoms with Crippen molar-refractivity contribution in [3.05, 3.63) is 183 Å². The van der Waals surface area contributed by atoms with Gasteiger partial charge in [-0.1, -0.05) is 72.2 Å². The zero-order valence-electron chi connectivity index (χ0n) is 39.3. The van der Waals surface area contributed by atoms with Crippen LogP contribution < -0.4 is 20.1 Å². The first kappa shape index (κ1) is 50.6. The number of aryl methyl sites for hydroxylation is 2. The number of nitrogens with one attached hydrogen (secondary N) is 2. The SMILES string of the molecule is CCc1ccc(S(=O)(=O)CC2c3cc(NC(=O)c4c(-c5ccccc5Cl)noc4C)ccc3CC2O)cc1.COc1ccc(S(=O)(=O)CC2c3cc(NC(=O)c4cccc(OC)c4)ccc3CC2O)cc1. The smallest absolute Gasteiger partial charge is 0.261 e. The van der Waals surface area contributed by atoms with Gasteiger partial charge >= 0.3 is 0 Å². The zero-order valence-corrected chi connectivity index (χ0v) is 41.6. The Kier molecular flexibility index (Phi) is 15.1. The predicted molar refractivity (Wildman–Crippen MR) is 271 cm³/mol. The summed E-state index contributed by atoms with van der Waals surface area (Å²) in [5.41, 5.74) is 6.82. The molecular weight excluding hydrogens is 966 g/mol. The highest BCUT2D eigenvalue weighted by molar-refractivity contribution is 7.91. The third-order valence-electron chi connectivity index (χ3n) is 12.9. The third kappa shape index (κ3) is 11.2. The molecule has 1 aromatic heterocycles. The van der Waals surface area contributed by atoms with Crippen LogP contribution >= 0.6 is 11.6 Å². The minimum atomic E-state index is -3.65. The van der Waals surface area contributed by atoms with Crippen LogP contribution in [0.3, 0.4) is 0 Å². The second-order valence-corrected chi connectivity index (χ2v) is 21.9. The lowest BCUT2D eigenvalue weighted by Crippen LogP contribution is -2.22. The number of methoxy groups -OCH3 is 2. The molecule has 17 heteroatoms. The number of aliphatic hydroxyl groups is 2. The van der Waals surface area contributed by atoms with Crippen molar-refractivity contribution in [3.8, 4) is 22.8 Å². The number of rotatable bonds is 14. The van der Waals surface area contributed by atoms with E-state index < -0.39 is 49.6 Å². The van der Waals surface area contributed by atoms with Crippen LogP contribution in [0.2, 0.25) is 5.02 Å². The molecule has 14 nitrogen and oxygen atoms in total. The number of carbonyl (C=O) groups excluding carboxylic acids is 2. The average molecular weight is 1020 g/mol. The Morgan fingerprint density at radius 1 is 0.676 bits per heavy atom. The van der Waals surface area contributed by atoms with Gasteiger partial charge in [0.25, 0.3) is 11.8 Å². The van der Waals surface area contributed by atoms with Gasteiger partial charge in [-0.25, -0.2) is 16.8 Å². The Balaban J connectivity index is 0.000000192. The second-order valence-electron chi connectivity index (χ2n) is 17.4. The molecule has 0 saturated carbocycles. The van der Waals surface area contributed by atoms with Crippen LogP contribution in [0.1, 0.15) is 73.1 Å². The number of ether oxygens (including phenoxy) is 2. The van der Waals surface area contributed by atoms with Crippen molar-refractivity contribution in [3.63, 3.8) is 0 Å². The number of aliphatic hydroxyl groups excluding tert-OH is 2. The monoisotopic (exact) mass is 1020 g/mol. The van der Waals surface area contributed by atoms with E-state index in [1.54, 1.807) is 104 Å². The van der Waals surface area contributed by atoms with Crippen molar-refractivity contribution >= 4 is 54.5 Å². The van der Waals surface area contributed by atoms with Crippen molar-refractivity contribution in [1.82, 2.24) is 5.16 Å². The third-order valence-corrected chi connectivity index (χ3v) is 16.8. The van der Waals surface area contributed by atoms with Crippen LogP contribution in [-0.4, -0.2) is 82.0 Å².